The van der Waals surface area contributed by atoms with Gasteiger partial charge in [-0.1, -0.05) is 36.7 Å². The summed E-state index contributed by atoms with van der Waals surface area (Å²) in [5.41, 5.74) is -0.331. The Morgan fingerprint density at radius 1 is 1.25 bits per heavy atom. The minimum absolute atomic E-state index is 0.331. The number of hydrogen-bond acceptors (Lipinski definition) is 2. The number of rotatable bonds is 2. The van der Waals surface area contributed by atoms with Crippen molar-refractivity contribution in [2.24, 2.45) is 5.41 Å². The number of hydrogen-bond donors (Lipinski definition) is 2. The highest BCUT2D eigenvalue weighted by Gasteiger charge is 2.37. The van der Waals surface area contributed by atoms with Crippen LogP contribution < -0.4 is 4.72 Å². The summed E-state index contributed by atoms with van der Waals surface area (Å²) in [6.45, 7) is 7.18. The first-order valence-corrected chi connectivity index (χ1v) is 5.64. The molecular weight excluding hydrogens is 246 g/mol. The highest BCUT2D eigenvalue weighted by molar-refractivity contribution is 9.10. The van der Waals surface area contributed by atoms with Gasteiger partial charge in [0, 0.05) is 0 Å². The second-order valence-corrected chi connectivity index (χ2v) is 6.57. The van der Waals surface area contributed by atoms with Gasteiger partial charge in [0.25, 0.3) is 0 Å². The first kappa shape index (κ1) is 12.3. The van der Waals surface area contributed by atoms with Crippen molar-refractivity contribution in [2.75, 3.05) is 0 Å². The van der Waals surface area contributed by atoms with E-state index >= 15 is 0 Å². The molecule has 0 amide bonds. The Hall–Kier alpha value is 0.350. The van der Waals surface area contributed by atoms with Crippen LogP contribution in [0.5, 0.6) is 0 Å². The topological polar surface area (TPSA) is 66.4 Å². The van der Waals surface area contributed by atoms with Crippen molar-refractivity contribution < 1.29 is 13.0 Å². The third-order valence-corrected chi connectivity index (χ3v) is 4.05. The molecule has 0 aliphatic heterocycles. The summed E-state index contributed by atoms with van der Waals surface area (Å²) >= 11 is 3.19. The summed E-state index contributed by atoms with van der Waals surface area (Å²) in [7, 11) is -4.16. The Kier molecular flexibility index (Phi) is 3.34. The van der Waals surface area contributed by atoms with E-state index in [1.54, 1.807) is 6.92 Å². The number of halogens is 1. The predicted molar refractivity (Wildman–Crippen MR) is 51.5 cm³/mol. The Morgan fingerprint density at radius 2 is 1.58 bits per heavy atom. The monoisotopic (exact) mass is 259 g/mol. The van der Waals surface area contributed by atoms with Gasteiger partial charge in [0.05, 0.1) is 4.45 Å². The third-order valence-electron chi connectivity index (χ3n) is 1.73. The molecule has 0 aromatic carbocycles. The van der Waals surface area contributed by atoms with Crippen LogP contribution >= 0.6 is 15.9 Å². The van der Waals surface area contributed by atoms with Crippen molar-refractivity contribution in [3.05, 3.63) is 0 Å². The van der Waals surface area contributed by atoms with Crippen LogP contribution in [0, 0.1) is 5.41 Å². The largest absolute Gasteiger partial charge is 0.334 e. The Bertz CT molecular complexity index is 252. The van der Waals surface area contributed by atoms with Crippen LogP contribution in [-0.4, -0.2) is 17.4 Å². The SMILES string of the molecule is CC(C)(C)C(C)(Br)NS(=O)(=O)O. The Labute approximate surface area is 81.7 Å². The number of alkyl halides is 1. The van der Waals surface area contributed by atoms with Crippen LogP contribution in [0.1, 0.15) is 27.7 Å². The minimum Gasteiger partial charge on any atom is -0.273 e. The van der Waals surface area contributed by atoms with E-state index in [0.717, 1.165) is 0 Å². The molecule has 0 aliphatic carbocycles. The average Bonchev–Trinajstić information content (AvgIpc) is 1.52. The minimum atomic E-state index is -4.16. The van der Waals surface area contributed by atoms with Gasteiger partial charge >= 0.3 is 10.3 Å². The van der Waals surface area contributed by atoms with Crippen LogP contribution in [-0.2, 0) is 10.3 Å². The van der Waals surface area contributed by atoms with Gasteiger partial charge in [-0.2, -0.15) is 13.1 Å². The van der Waals surface area contributed by atoms with Gasteiger partial charge in [-0.25, -0.2) is 0 Å². The summed E-state index contributed by atoms with van der Waals surface area (Å²) in [5, 5.41) is 0. The molecule has 4 nitrogen and oxygen atoms in total. The standard InChI is InChI=1S/C6H14BrNO3S/c1-5(2,3)6(4,7)8-12(9,10)11/h8H,1-4H3,(H,9,10,11). The molecule has 0 fully saturated rings. The van der Waals surface area contributed by atoms with Gasteiger partial charge in [0.1, 0.15) is 0 Å². The van der Waals surface area contributed by atoms with Gasteiger partial charge in [-0.05, 0) is 12.3 Å². The lowest BCUT2D eigenvalue weighted by Gasteiger charge is -2.36. The molecule has 0 aliphatic rings. The quantitative estimate of drug-likeness (QED) is 0.449. The molecule has 12 heavy (non-hydrogen) atoms. The van der Waals surface area contributed by atoms with E-state index in [-0.39, 0.29) is 5.41 Å². The summed E-state index contributed by atoms with van der Waals surface area (Å²) in [6.07, 6.45) is 0. The highest BCUT2D eigenvalue weighted by Crippen LogP contribution is 2.35. The fourth-order valence-electron chi connectivity index (χ4n) is 0.395. The molecule has 0 rings (SSSR count). The zero-order chi connectivity index (χ0) is 10.2. The van der Waals surface area contributed by atoms with Gasteiger partial charge < -0.3 is 0 Å². The van der Waals surface area contributed by atoms with E-state index in [2.05, 4.69) is 20.7 Å². The Morgan fingerprint density at radius 3 is 1.67 bits per heavy atom. The van der Waals surface area contributed by atoms with Crippen LogP contribution in [0.2, 0.25) is 0 Å². The van der Waals surface area contributed by atoms with Crippen molar-refractivity contribution in [2.45, 2.75) is 32.1 Å². The van der Waals surface area contributed by atoms with E-state index in [0.29, 0.717) is 0 Å². The summed E-state index contributed by atoms with van der Waals surface area (Å²) in [6, 6.07) is 0. The molecule has 74 valence electrons. The Balaban J connectivity index is 4.67. The van der Waals surface area contributed by atoms with Crippen LogP contribution in [0.3, 0.4) is 0 Å². The smallest absolute Gasteiger partial charge is 0.273 e. The molecule has 0 spiro atoms. The van der Waals surface area contributed by atoms with E-state index in [1.165, 1.54) is 0 Å². The fourth-order valence-corrected chi connectivity index (χ4v) is 1.80. The fraction of sp³-hybridized carbons (Fsp3) is 1.00. The molecule has 0 saturated heterocycles. The predicted octanol–water partition coefficient (Wildman–Crippen LogP) is 1.54. The van der Waals surface area contributed by atoms with Crippen molar-refractivity contribution in [3.8, 4) is 0 Å². The zero-order valence-electron chi connectivity index (χ0n) is 7.55. The maximum atomic E-state index is 10.5. The molecule has 0 aromatic rings. The summed E-state index contributed by atoms with van der Waals surface area (Å²) in [4.78, 5) is 0. The van der Waals surface area contributed by atoms with Gasteiger partial charge in [0.2, 0.25) is 0 Å². The highest BCUT2D eigenvalue weighted by atomic mass is 79.9. The van der Waals surface area contributed by atoms with Gasteiger partial charge in [-0.15, -0.1) is 0 Å². The van der Waals surface area contributed by atoms with E-state index in [9.17, 15) is 8.42 Å². The molecule has 0 bridgehead atoms. The lowest BCUT2D eigenvalue weighted by molar-refractivity contribution is 0.283. The molecule has 0 heterocycles. The molecular formula is C6H14BrNO3S. The molecule has 6 heteroatoms. The van der Waals surface area contributed by atoms with Crippen molar-refractivity contribution >= 4 is 26.2 Å². The maximum Gasteiger partial charge on any atom is 0.334 e. The second kappa shape index (κ2) is 3.25. The lowest BCUT2D eigenvalue weighted by Crippen LogP contribution is -2.49. The van der Waals surface area contributed by atoms with E-state index in [1.807, 2.05) is 20.8 Å². The molecule has 0 saturated carbocycles. The van der Waals surface area contributed by atoms with Crippen LogP contribution in [0.25, 0.3) is 0 Å². The maximum absolute atomic E-state index is 10.5. The van der Waals surface area contributed by atoms with Crippen molar-refractivity contribution in [1.82, 2.24) is 4.72 Å². The molecule has 1 atom stereocenters. The average molecular weight is 260 g/mol. The van der Waals surface area contributed by atoms with Crippen molar-refractivity contribution in [1.29, 1.82) is 0 Å². The summed E-state index contributed by atoms with van der Waals surface area (Å²) in [5.74, 6) is 0. The molecule has 0 aromatic heterocycles. The third kappa shape index (κ3) is 3.84. The molecule has 1 unspecified atom stereocenters. The number of nitrogens with one attached hydrogen (secondary N) is 1. The van der Waals surface area contributed by atoms with Gasteiger partial charge in [0.15, 0.2) is 0 Å². The van der Waals surface area contributed by atoms with Crippen molar-refractivity contribution in [3.63, 3.8) is 0 Å². The second-order valence-electron chi connectivity index (χ2n) is 3.83. The molecule has 2 N–H and O–H groups in total. The normalized spacial score (nSPS) is 18.8. The van der Waals surface area contributed by atoms with E-state index < -0.39 is 14.8 Å². The van der Waals surface area contributed by atoms with E-state index in [4.69, 9.17) is 4.55 Å². The van der Waals surface area contributed by atoms with Crippen LogP contribution in [0.4, 0.5) is 0 Å². The molecule has 0 radical (unpaired) electrons. The zero-order valence-corrected chi connectivity index (χ0v) is 9.95. The summed E-state index contributed by atoms with van der Waals surface area (Å²) < 4.78 is 30.8. The first-order chi connectivity index (χ1) is 4.96. The first-order valence-electron chi connectivity index (χ1n) is 3.41. The van der Waals surface area contributed by atoms with Gasteiger partial charge in [-0.3, -0.25) is 4.55 Å². The van der Waals surface area contributed by atoms with Crippen LogP contribution in [0.15, 0.2) is 0 Å². The lowest BCUT2D eigenvalue weighted by atomic mass is 9.89.